The molecule has 0 aliphatic rings. The molecule has 0 atom stereocenters. The lowest BCUT2D eigenvalue weighted by Gasteiger charge is -1.14. The fourth-order valence-corrected chi connectivity index (χ4v) is 0. The Labute approximate surface area is 104 Å². The normalized spacial score (nSPS) is 2.46. The lowest BCUT2D eigenvalue weighted by molar-refractivity contribution is 1.57. The first-order valence-electron chi connectivity index (χ1n) is 1.79. The number of nitriles is 4. The zero-order valence-electron chi connectivity index (χ0n) is 6.08. The van der Waals surface area contributed by atoms with E-state index in [4.69, 9.17) is 21.0 Å². The molecule has 0 aliphatic heterocycles. The fraction of sp³-hybridized carbons (Fsp3) is 0. The topological polar surface area (TPSA) is 95.2 Å². The summed E-state index contributed by atoms with van der Waals surface area (Å²) in [4.78, 5) is 0. The average molecular weight is 264 g/mol. The summed E-state index contributed by atoms with van der Waals surface area (Å²) in [5, 5.41) is 34.5. The highest BCUT2D eigenvalue weighted by Gasteiger charge is 1.19. The second-order valence-electron chi connectivity index (χ2n) is 0.400. The van der Waals surface area contributed by atoms with Gasteiger partial charge in [0.05, 0.1) is 0 Å². The first kappa shape index (κ1) is 29.4. The van der Waals surface area contributed by atoms with Crippen molar-refractivity contribution in [3.8, 4) is 21.6 Å². The van der Waals surface area contributed by atoms with Gasteiger partial charge in [0.25, 0.3) is 0 Å². The number of hydrogen-bond acceptors (Lipinski definition) is 8. The third-order valence-electron chi connectivity index (χ3n) is 0. The number of thiol groups is 4. The molecule has 4 nitrogen and oxygen atoms in total. The maximum absolute atomic E-state index is 7.18. The molecule has 0 aromatic heterocycles. The standard InChI is InChI=1S/4CHNS.Si/c4*2-1-3;/h4*3H;. The Kier molecular flexibility index (Phi) is 229. The molecule has 0 fully saturated rings. The Morgan fingerprint density at radius 2 is 0.538 bits per heavy atom. The Balaban J connectivity index is -0.0000000213. The van der Waals surface area contributed by atoms with Crippen LogP contribution in [0.3, 0.4) is 0 Å². The lowest BCUT2D eigenvalue weighted by Crippen LogP contribution is -0.961. The molecule has 0 unspecified atom stereocenters. The van der Waals surface area contributed by atoms with E-state index in [9.17, 15) is 0 Å². The molecule has 0 saturated carbocycles. The van der Waals surface area contributed by atoms with Crippen LogP contribution in [0, 0.1) is 42.7 Å². The van der Waals surface area contributed by atoms with Gasteiger partial charge in [-0.15, -0.1) is 0 Å². The Morgan fingerprint density at radius 1 is 0.538 bits per heavy atom. The van der Waals surface area contributed by atoms with E-state index in [0.717, 1.165) is 0 Å². The summed E-state index contributed by atoms with van der Waals surface area (Å²) >= 11 is 12.4. The zero-order chi connectivity index (χ0) is 10.8. The van der Waals surface area contributed by atoms with Gasteiger partial charge in [0.1, 0.15) is 21.6 Å². The summed E-state index contributed by atoms with van der Waals surface area (Å²) in [7, 11) is 0. The molecule has 4 radical (unpaired) electrons. The van der Waals surface area contributed by atoms with Crippen molar-refractivity contribution in [2.24, 2.45) is 0 Å². The van der Waals surface area contributed by atoms with E-state index in [1.807, 2.05) is 0 Å². The van der Waals surface area contributed by atoms with E-state index in [1.54, 1.807) is 0 Å². The predicted octanol–water partition coefficient (Wildman–Crippen LogP) is 1.21. The summed E-state index contributed by atoms with van der Waals surface area (Å²) < 4.78 is 0. The Hall–Kier alpha value is -0.423. The Bertz CT molecular complexity index is 158. The van der Waals surface area contributed by atoms with Crippen LogP contribution in [0.15, 0.2) is 0 Å². The summed E-state index contributed by atoms with van der Waals surface area (Å²) in [5.41, 5.74) is 0. The van der Waals surface area contributed by atoms with Gasteiger partial charge in [-0.25, -0.2) is 0 Å². The van der Waals surface area contributed by atoms with Crippen LogP contribution in [-0.2, 0) is 0 Å². The van der Waals surface area contributed by atoms with E-state index in [-0.39, 0.29) is 11.0 Å². The molecule has 0 aliphatic carbocycles. The SMILES string of the molecule is N#CS.N#CS.N#CS.N#CS.[Si]. The molecule has 0 heterocycles. The molecule has 68 valence electrons. The average Bonchev–Trinajstić information content (AvgIpc) is 1.92. The largest absolute Gasteiger partial charge is 0.185 e. The molecule has 0 aromatic carbocycles. The number of thiocyanates is 4. The first-order valence-corrected chi connectivity index (χ1v) is 3.58. The minimum absolute atomic E-state index is 0. The van der Waals surface area contributed by atoms with Crippen LogP contribution in [0.1, 0.15) is 0 Å². The molecular formula is C4H4N4S4Si. The molecule has 9 heteroatoms. The van der Waals surface area contributed by atoms with Crippen LogP contribution < -0.4 is 0 Å². The van der Waals surface area contributed by atoms with Gasteiger partial charge in [0.15, 0.2) is 0 Å². The third-order valence-corrected chi connectivity index (χ3v) is 0. The van der Waals surface area contributed by atoms with Crippen molar-refractivity contribution in [3.63, 3.8) is 0 Å². The summed E-state index contributed by atoms with van der Waals surface area (Å²) in [6.07, 6.45) is 0. The van der Waals surface area contributed by atoms with Crippen LogP contribution in [0.5, 0.6) is 0 Å². The highest BCUT2D eigenvalue weighted by atomic mass is 32.1. The van der Waals surface area contributed by atoms with Crippen molar-refractivity contribution in [1.82, 2.24) is 0 Å². The first-order chi connectivity index (χ1) is 5.66. The van der Waals surface area contributed by atoms with Gasteiger partial charge in [0, 0.05) is 11.0 Å². The van der Waals surface area contributed by atoms with E-state index in [2.05, 4.69) is 50.5 Å². The molecule has 13 heavy (non-hydrogen) atoms. The number of rotatable bonds is 0. The summed E-state index contributed by atoms with van der Waals surface area (Å²) in [6, 6.07) is 0. The van der Waals surface area contributed by atoms with Crippen molar-refractivity contribution in [2.45, 2.75) is 0 Å². The number of nitrogens with zero attached hydrogens (tertiary/aromatic N) is 4. The van der Waals surface area contributed by atoms with Crippen LogP contribution in [0.25, 0.3) is 0 Å². The van der Waals surface area contributed by atoms with Gasteiger partial charge in [-0.3, -0.25) is 0 Å². The highest BCUT2D eigenvalue weighted by molar-refractivity contribution is 7.85. The molecule has 0 aromatic rings. The van der Waals surface area contributed by atoms with Crippen molar-refractivity contribution >= 4 is 61.5 Å². The van der Waals surface area contributed by atoms with E-state index in [0.29, 0.717) is 0 Å². The van der Waals surface area contributed by atoms with Gasteiger partial charge < -0.3 is 0 Å². The number of hydrogen-bond donors (Lipinski definition) is 4. The molecule has 0 N–H and O–H groups in total. The van der Waals surface area contributed by atoms with Crippen LogP contribution in [0.4, 0.5) is 0 Å². The second kappa shape index (κ2) is 101. The minimum atomic E-state index is 0. The van der Waals surface area contributed by atoms with Crippen LogP contribution >= 0.6 is 50.5 Å². The molecular weight excluding hydrogens is 260 g/mol. The summed E-state index contributed by atoms with van der Waals surface area (Å²) in [6.45, 7) is 0. The smallest absolute Gasteiger partial charge is 0.130 e. The highest BCUT2D eigenvalue weighted by Crippen LogP contribution is 1.47. The monoisotopic (exact) mass is 264 g/mol. The second-order valence-corrected chi connectivity index (χ2v) is 1.20. The third kappa shape index (κ3) is 5930. The molecule has 0 amide bonds. The Morgan fingerprint density at radius 3 is 0.538 bits per heavy atom. The minimum Gasteiger partial charge on any atom is -0.185 e. The van der Waals surface area contributed by atoms with E-state index in [1.165, 1.54) is 21.6 Å². The quantitative estimate of drug-likeness (QED) is 0.300. The molecule has 0 spiro atoms. The van der Waals surface area contributed by atoms with Crippen molar-refractivity contribution in [1.29, 1.82) is 21.0 Å². The predicted molar refractivity (Wildman–Crippen MR) is 64.2 cm³/mol. The summed E-state index contributed by atoms with van der Waals surface area (Å²) in [5.74, 6) is 0. The molecule has 0 saturated heterocycles. The van der Waals surface area contributed by atoms with Gasteiger partial charge in [0.2, 0.25) is 0 Å². The lowest BCUT2D eigenvalue weighted by atomic mass is 11.8. The maximum atomic E-state index is 7.18. The zero-order valence-corrected chi connectivity index (χ0v) is 10.7. The van der Waals surface area contributed by atoms with Crippen LogP contribution in [0.2, 0.25) is 0 Å². The van der Waals surface area contributed by atoms with Crippen molar-refractivity contribution < 1.29 is 0 Å². The van der Waals surface area contributed by atoms with Gasteiger partial charge in [-0.1, -0.05) is 50.5 Å². The van der Waals surface area contributed by atoms with Gasteiger partial charge in [-0.05, 0) is 0 Å². The van der Waals surface area contributed by atoms with Crippen molar-refractivity contribution in [2.75, 3.05) is 0 Å². The van der Waals surface area contributed by atoms with E-state index < -0.39 is 0 Å². The van der Waals surface area contributed by atoms with Gasteiger partial charge in [-0.2, -0.15) is 21.0 Å². The van der Waals surface area contributed by atoms with Crippen molar-refractivity contribution in [3.05, 3.63) is 0 Å². The van der Waals surface area contributed by atoms with E-state index >= 15 is 0 Å². The fourth-order valence-electron chi connectivity index (χ4n) is 0. The molecule has 0 bridgehead atoms. The van der Waals surface area contributed by atoms with Crippen LogP contribution in [-0.4, -0.2) is 11.0 Å². The van der Waals surface area contributed by atoms with Gasteiger partial charge >= 0.3 is 0 Å². The molecule has 0 rings (SSSR count). The maximum Gasteiger partial charge on any atom is 0.130 e.